The molecule has 2 saturated heterocycles. The number of benzene rings is 2. The standard InChI is InChI=1S/C36H40F3N7O/c1-26(47)44-21-14-32(15-22-44)45-23-16-33(17-24-45)46(25-27-3-9-30(10-4-27)43(2)31-11-18-40-19-12-31)35-41-20-13-34(42-35)28-5-7-29(8-6-28)36(37,38)39/h3-13,18-20,32-33H,14-17,21-25H2,1-2H3. The molecule has 2 aliphatic rings. The van der Waals surface area contributed by atoms with Crippen LogP contribution in [0.4, 0.5) is 30.5 Å². The van der Waals surface area contributed by atoms with Crippen molar-refractivity contribution >= 4 is 23.2 Å². The molecule has 0 radical (unpaired) electrons. The van der Waals surface area contributed by atoms with Crippen LogP contribution in [0.3, 0.4) is 0 Å². The van der Waals surface area contributed by atoms with Gasteiger partial charge in [0.05, 0.1) is 11.3 Å². The number of carbonyl (C=O) groups excluding carboxylic acids is 1. The topological polar surface area (TPSA) is 68.7 Å². The number of hydrogen-bond donors (Lipinski definition) is 0. The van der Waals surface area contributed by atoms with E-state index >= 15 is 0 Å². The Bertz CT molecular complexity index is 1620. The quantitative estimate of drug-likeness (QED) is 0.209. The van der Waals surface area contributed by atoms with Gasteiger partial charge in [0.15, 0.2) is 0 Å². The highest BCUT2D eigenvalue weighted by atomic mass is 19.4. The zero-order valence-corrected chi connectivity index (χ0v) is 26.8. The molecule has 0 aliphatic carbocycles. The number of amides is 1. The second-order valence-corrected chi connectivity index (χ2v) is 12.4. The molecule has 246 valence electrons. The van der Waals surface area contributed by atoms with Gasteiger partial charge in [-0.1, -0.05) is 24.3 Å². The van der Waals surface area contributed by atoms with Crippen molar-refractivity contribution in [2.45, 2.75) is 57.4 Å². The molecule has 2 aromatic heterocycles. The summed E-state index contributed by atoms with van der Waals surface area (Å²) in [6.45, 7) is 5.74. The SMILES string of the molecule is CC(=O)N1CCC(N2CCC(N(Cc3ccc(N(C)c4ccncc4)cc3)c3nccc(-c4ccc(C(F)(F)F)cc4)n3)CC2)CC1. The maximum atomic E-state index is 13.2. The molecule has 4 aromatic rings. The number of likely N-dealkylation sites (tertiary alicyclic amines) is 2. The molecule has 8 nitrogen and oxygen atoms in total. The Morgan fingerprint density at radius 2 is 1.47 bits per heavy atom. The number of anilines is 3. The molecule has 47 heavy (non-hydrogen) atoms. The lowest BCUT2D eigenvalue weighted by Crippen LogP contribution is -2.51. The monoisotopic (exact) mass is 643 g/mol. The van der Waals surface area contributed by atoms with Crippen molar-refractivity contribution in [2.24, 2.45) is 0 Å². The number of nitrogens with zero attached hydrogens (tertiary/aromatic N) is 7. The number of pyridine rings is 1. The summed E-state index contributed by atoms with van der Waals surface area (Å²) in [5.41, 5.74) is 3.71. The van der Waals surface area contributed by atoms with Crippen LogP contribution in [0, 0.1) is 0 Å². The molecule has 0 N–H and O–H groups in total. The normalized spacial score (nSPS) is 16.7. The van der Waals surface area contributed by atoms with Crippen molar-refractivity contribution in [3.05, 3.63) is 96.4 Å². The fourth-order valence-corrected chi connectivity index (χ4v) is 6.69. The van der Waals surface area contributed by atoms with E-state index < -0.39 is 11.7 Å². The van der Waals surface area contributed by atoms with Crippen LogP contribution in [0.5, 0.6) is 0 Å². The predicted molar refractivity (Wildman–Crippen MR) is 177 cm³/mol. The minimum atomic E-state index is -4.39. The Balaban J connectivity index is 1.22. The van der Waals surface area contributed by atoms with Crippen molar-refractivity contribution < 1.29 is 18.0 Å². The van der Waals surface area contributed by atoms with E-state index in [4.69, 9.17) is 4.98 Å². The van der Waals surface area contributed by atoms with Crippen molar-refractivity contribution in [2.75, 3.05) is 43.0 Å². The van der Waals surface area contributed by atoms with Gasteiger partial charge in [-0.15, -0.1) is 0 Å². The molecule has 0 atom stereocenters. The highest BCUT2D eigenvalue weighted by Crippen LogP contribution is 2.32. The van der Waals surface area contributed by atoms with E-state index in [1.54, 1.807) is 31.6 Å². The first-order chi connectivity index (χ1) is 22.7. The lowest BCUT2D eigenvalue weighted by molar-refractivity contribution is -0.137. The summed E-state index contributed by atoms with van der Waals surface area (Å²) in [4.78, 5) is 34.4. The number of rotatable bonds is 8. The first-order valence-corrected chi connectivity index (χ1v) is 16.2. The first-order valence-electron chi connectivity index (χ1n) is 16.2. The molecule has 1 amide bonds. The van der Waals surface area contributed by atoms with Crippen LogP contribution in [0.2, 0.25) is 0 Å². The summed E-state index contributed by atoms with van der Waals surface area (Å²) in [7, 11) is 2.02. The Labute approximate surface area is 273 Å². The maximum absolute atomic E-state index is 13.2. The molecule has 2 aliphatic heterocycles. The Morgan fingerprint density at radius 3 is 2.09 bits per heavy atom. The maximum Gasteiger partial charge on any atom is 0.416 e. The van der Waals surface area contributed by atoms with Crippen molar-refractivity contribution in [3.8, 4) is 11.3 Å². The van der Waals surface area contributed by atoms with E-state index in [9.17, 15) is 18.0 Å². The summed E-state index contributed by atoms with van der Waals surface area (Å²) in [5, 5.41) is 0. The highest BCUT2D eigenvalue weighted by Gasteiger charge is 2.32. The predicted octanol–water partition coefficient (Wildman–Crippen LogP) is 6.81. The van der Waals surface area contributed by atoms with Crippen molar-refractivity contribution in [1.29, 1.82) is 0 Å². The van der Waals surface area contributed by atoms with Crippen LogP contribution in [0.15, 0.2) is 85.3 Å². The summed E-state index contributed by atoms with van der Waals surface area (Å²) >= 11 is 0. The van der Waals surface area contributed by atoms with E-state index in [-0.39, 0.29) is 11.9 Å². The lowest BCUT2D eigenvalue weighted by Gasteiger charge is -2.44. The third-order valence-corrected chi connectivity index (χ3v) is 9.50. The minimum absolute atomic E-state index is 0.147. The number of halogens is 3. The van der Waals surface area contributed by atoms with Crippen LogP contribution in [-0.4, -0.2) is 76.0 Å². The Morgan fingerprint density at radius 1 is 0.830 bits per heavy atom. The highest BCUT2D eigenvalue weighted by molar-refractivity contribution is 5.73. The molecule has 6 rings (SSSR count). The van der Waals surface area contributed by atoms with E-state index in [0.29, 0.717) is 29.8 Å². The van der Waals surface area contributed by atoms with Gasteiger partial charge < -0.3 is 19.6 Å². The molecule has 0 saturated carbocycles. The van der Waals surface area contributed by atoms with Crippen molar-refractivity contribution in [3.63, 3.8) is 0 Å². The molecule has 2 fully saturated rings. The fraction of sp³-hybridized carbons (Fsp3) is 0.389. The van der Waals surface area contributed by atoms with Crippen molar-refractivity contribution in [1.82, 2.24) is 24.8 Å². The molecule has 4 heterocycles. The molecule has 11 heteroatoms. The number of carbonyl (C=O) groups is 1. The van der Waals surface area contributed by atoms with E-state index in [1.165, 1.54) is 12.1 Å². The number of alkyl halides is 3. The summed E-state index contributed by atoms with van der Waals surface area (Å²) in [6.07, 6.45) is 4.70. The van der Waals surface area contributed by atoms with Gasteiger partial charge in [-0.05, 0) is 73.7 Å². The zero-order chi connectivity index (χ0) is 33.0. The fourth-order valence-electron chi connectivity index (χ4n) is 6.69. The van der Waals surface area contributed by atoms with Gasteiger partial charge in [0.25, 0.3) is 0 Å². The number of hydrogen-bond acceptors (Lipinski definition) is 7. The summed E-state index contributed by atoms with van der Waals surface area (Å²) < 4.78 is 39.6. The largest absolute Gasteiger partial charge is 0.416 e. The van der Waals surface area contributed by atoms with E-state index in [1.807, 2.05) is 24.1 Å². The molecule has 0 spiro atoms. The molecule has 0 unspecified atom stereocenters. The summed E-state index contributed by atoms with van der Waals surface area (Å²) in [5.74, 6) is 0.710. The number of aromatic nitrogens is 3. The van der Waals surface area contributed by atoms with Gasteiger partial charge in [0, 0.05) is 94.3 Å². The Kier molecular flexibility index (Phi) is 9.72. The lowest BCUT2D eigenvalue weighted by atomic mass is 9.96. The average Bonchev–Trinajstić information content (AvgIpc) is 3.11. The molecule has 2 aromatic carbocycles. The minimum Gasteiger partial charge on any atom is -0.345 e. The van der Waals surface area contributed by atoms with Crippen LogP contribution >= 0.6 is 0 Å². The van der Waals surface area contributed by atoms with Gasteiger partial charge in [-0.25, -0.2) is 9.97 Å². The third kappa shape index (κ3) is 7.73. The molecule has 0 bridgehead atoms. The average molecular weight is 644 g/mol. The van der Waals surface area contributed by atoms with Gasteiger partial charge in [-0.2, -0.15) is 13.2 Å². The van der Waals surface area contributed by atoms with Gasteiger partial charge >= 0.3 is 6.18 Å². The smallest absolute Gasteiger partial charge is 0.345 e. The van der Waals surface area contributed by atoms with Gasteiger partial charge in [-0.3, -0.25) is 9.78 Å². The Hall–Kier alpha value is -4.51. The first kappa shape index (κ1) is 32.4. The molecular weight excluding hydrogens is 603 g/mol. The third-order valence-electron chi connectivity index (χ3n) is 9.50. The zero-order valence-electron chi connectivity index (χ0n) is 26.8. The van der Waals surface area contributed by atoms with Crippen LogP contribution in [0.1, 0.15) is 43.7 Å². The van der Waals surface area contributed by atoms with Crippen LogP contribution < -0.4 is 9.80 Å². The second-order valence-electron chi connectivity index (χ2n) is 12.4. The number of piperidine rings is 2. The van der Waals surface area contributed by atoms with Gasteiger partial charge in [0.2, 0.25) is 11.9 Å². The molecular formula is C36H40F3N7O. The van der Waals surface area contributed by atoms with E-state index in [0.717, 1.165) is 80.9 Å². The van der Waals surface area contributed by atoms with E-state index in [2.05, 4.69) is 48.9 Å². The van der Waals surface area contributed by atoms with Crippen LogP contribution in [-0.2, 0) is 17.5 Å². The second kappa shape index (κ2) is 14.1. The summed E-state index contributed by atoms with van der Waals surface area (Å²) in [6, 6.07) is 19.9. The van der Waals surface area contributed by atoms with Gasteiger partial charge in [0.1, 0.15) is 0 Å². The van der Waals surface area contributed by atoms with Crippen LogP contribution in [0.25, 0.3) is 11.3 Å².